The molecule has 9 heteroatoms. The highest BCUT2D eigenvalue weighted by Gasteiger charge is 2.24. The van der Waals surface area contributed by atoms with Crippen molar-refractivity contribution in [2.75, 3.05) is 26.2 Å². The maximum Gasteiger partial charge on any atom is 0.253 e. The van der Waals surface area contributed by atoms with E-state index in [9.17, 15) is 17.6 Å². The zero-order chi connectivity index (χ0) is 26.0. The maximum absolute atomic E-state index is 14.1. The molecule has 0 unspecified atom stereocenters. The first-order valence-corrected chi connectivity index (χ1v) is 13.9. The summed E-state index contributed by atoms with van der Waals surface area (Å²) in [5.41, 5.74) is 2.13. The molecule has 0 spiro atoms. The van der Waals surface area contributed by atoms with Gasteiger partial charge >= 0.3 is 0 Å². The molecule has 3 aromatic carbocycles. The Labute approximate surface area is 220 Å². The van der Waals surface area contributed by atoms with Crippen molar-refractivity contribution < 1.29 is 17.6 Å². The Bertz CT molecular complexity index is 1550. The molecule has 1 fully saturated rings. The molecule has 0 radical (unpaired) electrons. The fourth-order valence-electron chi connectivity index (χ4n) is 4.55. The molecule has 190 valence electrons. The lowest BCUT2D eigenvalue weighted by Gasteiger charge is -2.34. The minimum absolute atomic E-state index is 0.106. The van der Waals surface area contributed by atoms with Crippen LogP contribution in [-0.4, -0.2) is 55.3 Å². The van der Waals surface area contributed by atoms with Gasteiger partial charge in [-0.15, -0.1) is 0 Å². The number of fused-ring (bicyclic) bond motifs is 1. The second kappa shape index (κ2) is 10.6. The van der Waals surface area contributed by atoms with E-state index in [0.717, 1.165) is 5.39 Å². The number of carbonyl (C=O) groups excluding carboxylic acids is 1. The van der Waals surface area contributed by atoms with Crippen LogP contribution in [0.1, 0.15) is 21.5 Å². The van der Waals surface area contributed by atoms with E-state index in [1.165, 1.54) is 6.07 Å². The van der Waals surface area contributed by atoms with Gasteiger partial charge in [0.25, 0.3) is 5.91 Å². The standard InChI is InChI=1S/C28H25ClFN3O3S/c29-24-11-10-23(25(30)17-24)18-32-13-15-33(16-14-32)28(34)22-8-6-20(7-9-22)19-37(35,36)26-5-1-3-21-4-2-12-31-27(21)26/h1-12,17H,13-16,18-19H2. The number of nitrogens with zero attached hydrogens (tertiary/aromatic N) is 3. The molecule has 2 heterocycles. The number of rotatable bonds is 6. The molecule has 37 heavy (non-hydrogen) atoms. The number of benzene rings is 3. The largest absolute Gasteiger partial charge is 0.336 e. The smallest absolute Gasteiger partial charge is 0.253 e. The quantitative estimate of drug-likeness (QED) is 0.348. The van der Waals surface area contributed by atoms with Crippen molar-refractivity contribution in [1.82, 2.24) is 14.8 Å². The third-order valence-electron chi connectivity index (χ3n) is 6.56. The van der Waals surface area contributed by atoms with E-state index in [1.807, 2.05) is 12.1 Å². The Balaban J connectivity index is 1.21. The first-order valence-electron chi connectivity index (χ1n) is 11.9. The number of hydrogen-bond donors (Lipinski definition) is 0. The predicted molar refractivity (Wildman–Crippen MR) is 142 cm³/mol. The summed E-state index contributed by atoms with van der Waals surface area (Å²) in [5.74, 6) is -0.619. The lowest BCUT2D eigenvalue weighted by atomic mass is 10.1. The third-order valence-corrected chi connectivity index (χ3v) is 8.50. The lowest BCUT2D eigenvalue weighted by Crippen LogP contribution is -2.48. The summed E-state index contributed by atoms with van der Waals surface area (Å²) >= 11 is 5.83. The number of sulfone groups is 1. The minimum Gasteiger partial charge on any atom is -0.336 e. The van der Waals surface area contributed by atoms with Gasteiger partial charge in [0.2, 0.25) is 0 Å². The van der Waals surface area contributed by atoms with Gasteiger partial charge in [-0.05, 0) is 42.0 Å². The lowest BCUT2D eigenvalue weighted by molar-refractivity contribution is 0.0627. The molecular formula is C28H25ClFN3O3S. The van der Waals surface area contributed by atoms with Crippen LogP contribution in [0.4, 0.5) is 4.39 Å². The molecule has 1 aromatic heterocycles. The Morgan fingerprint density at radius 2 is 1.68 bits per heavy atom. The number of halogens is 2. The zero-order valence-corrected chi connectivity index (χ0v) is 21.6. The van der Waals surface area contributed by atoms with Gasteiger partial charge in [-0.1, -0.05) is 48.0 Å². The fraction of sp³-hybridized carbons (Fsp3) is 0.214. The summed E-state index contributed by atoms with van der Waals surface area (Å²) < 4.78 is 40.4. The predicted octanol–water partition coefficient (Wildman–Crippen LogP) is 4.96. The van der Waals surface area contributed by atoms with E-state index in [1.54, 1.807) is 65.7 Å². The zero-order valence-electron chi connectivity index (χ0n) is 20.0. The molecule has 0 atom stereocenters. The highest BCUT2D eigenvalue weighted by Crippen LogP contribution is 2.24. The normalized spacial score (nSPS) is 14.7. The highest BCUT2D eigenvalue weighted by atomic mass is 35.5. The van der Waals surface area contributed by atoms with Crippen LogP contribution in [0.2, 0.25) is 5.02 Å². The molecule has 6 nitrogen and oxygen atoms in total. The molecule has 1 aliphatic heterocycles. The summed E-state index contributed by atoms with van der Waals surface area (Å²) in [6, 6.07) is 20.1. The third kappa shape index (κ3) is 5.66. The van der Waals surface area contributed by atoms with Crippen molar-refractivity contribution in [3.05, 3.63) is 107 Å². The number of aromatic nitrogens is 1. The van der Waals surface area contributed by atoms with Crippen molar-refractivity contribution >= 4 is 38.2 Å². The first-order chi connectivity index (χ1) is 17.8. The average molecular weight is 538 g/mol. The molecule has 1 aliphatic rings. The number of piperazine rings is 1. The van der Waals surface area contributed by atoms with Crippen LogP contribution in [0.5, 0.6) is 0 Å². The minimum atomic E-state index is -3.63. The summed E-state index contributed by atoms with van der Waals surface area (Å²) in [6.45, 7) is 2.77. The Hall–Kier alpha value is -3.33. The second-order valence-corrected chi connectivity index (χ2v) is 11.5. The van der Waals surface area contributed by atoms with Gasteiger partial charge in [0.05, 0.1) is 16.2 Å². The van der Waals surface area contributed by atoms with Gasteiger partial charge in [0.1, 0.15) is 5.82 Å². The number of amides is 1. The van der Waals surface area contributed by atoms with Crippen molar-refractivity contribution in [3.63, 3.8) is 0 Å². The Morgan fingerprint density at radius 1 is 0.946 bits per heavy atom. The van der Waals surface area contributed by atoms with Gasteiger partial charge in [0.15, 0.2) is 9.84 Å². The molecule has 0 saturated carbocycles. The van der Waals surface area contributed by atoms with Crippen LogP contribution < -0.4 is 0 Å². The van der Waals surface area contributed by atoms with Gasteiger partial charge in [0, 0.05) is 60.5 Å². The van der Waals surface area contributed by atoms with Crippen LogP contribution in [-0.2, 0) is 22.1 Å². The SMILES string of the molecule is O=C(c1ccc(CS(=O)(=O)c2cccc3cccnc23)cc1)N1CCN(Cc2ccc(Cl)cc2F)CC1. The van der Waals surface area contributed by atoms with Crippen LogP contribution in [0.25, 0.3) is 10.9 Å². The summed E-state index contributed by atoms with van der Waals surface area (Å²) in [4.78, 5) is 21.4. The molecule has 5 rings (SSSR count). The molecule has 0 bridgehead atoms. The van der Waals surface area contributed by atoms with E-state index < -0.39 is 9.84 Å². The molecule has 0 aliphatic carbocycles. The van der Waals surface area contributed by atoms with E-state index in [4.69, 9.17) is 11.6 Å². The van der Waals surface area contributed by atoms with Crippen molar-refractivity contribution in [1.29, 1.82) is 0 Å². The van der Waals surface area contributed by atoms with Gasteiger partial charge in [-0.2, -0.15) is 0 Å². The fourth-order valence-corrected chi connectivity index (χ4v) is 6.25. The van der Waals surface area contributed by atoms with Crippen LogP contribution in [0.3, 0.4) is 0 Å². The molecule has 4 aromatic rings. The van der Waals surface area contributed by atoms with Crippen LogP contribution in [0, 0.1) is 5.82 Å². The first kappa shape index (κ1) is 25.3. The van der Waals surface area contributed by atoms with E-state index in [2.05, 4.69) is 9.88 Å². The second-order valence-electron chi connectivity index (χ2n) is 9.09. The summed E-state index contributed by atoms with van der Waals surface area (Å²) in [7, 11) is -3.63. The van der Waals surface area contributed by atoms with Crippen molar-refractivity contribution in [3.8, 4) is 0 Å². The number of carbonyl (C=O) groups is 1. The monoisotopic (exact) mass is 537 g/mol. The summed E-state index contributed by atoms with van der Waals surface area (Å²) in [6.07, 6.45) is 1.58. The number of para-hydroxylation sites is 1. The average Bonchev–Trinajstić information content (AvgIpc) is 2.90. The Morgan fingerprint density at radius 3 is 2.41 bits per heavy atom. The molecule has 1 saturated heterocycles. The topological polar surface area (TPSA) is 70.6 Å². The van der Waals surface area contributed by atoms with Gasteiger partial charge < -0.3 is 4.90 Å². The molecule has 1 amide bonds. The van der Waals surface area contributed by atoms with E-state index in [-0.39, 0.29) is 22.4 Å². The summed E-state index contributed by atoms with van der Waals surface area (Å²) in [5, 5.41) is 1.13. The number of pyridine rings is 1. The van der Waals surface area contributed by atoms with Gasteiger partial charge in [-0.25, -0.2) is 12.8 Å². The number of hydrogen-bond acceptors (Lipinski definition) is 5. The highest BCUT2D eigenvalue weighted by molar-refractivity contribution is 7.90. The van der Waals surface area contributed by atoms with E-state index in [0.29, 0.717) is 60.0 Å². The van der Waals surface area contributed by atoms with Crippen LogP contribution in [0.15, 0.2) is 83.9 Å². The maximum atomic E-state index is 14.1. The van der Waals surface area contributed by atoms with Crippen molar-refractivity contribution in [2.45, 2.75) is 17.2 Å². The van der Waals surface area contributed by atoms with E-state index >= 15 is 0 Å². The van der Waals surface area contributed by atoms with Gasteiger partial charge in [-0.3, -0.25) is 14.7 Å². The van der Waals surface area contributed by atoms with Crippen molar-refractivity contribution in [2.24, 2.45) is 0 Å². The molecule has 0 N–H and O–H groups in total. The van der Waals surface area contributed by atoms with Crippen LogP contribution >= 0.6 is 11.6 Å². The molecular weight excluding hydrogens is 513 g/mol. The Kier molecular flexibility index (Phi) is 7.24.